The van der Waals surface area contributed by atoms with E-state index in [1.807, 2.05) is 0 Å². The molecule has 0 amide bonds. The second-order valence-corrected chi connectivity index (χ2v) is 7.15. The van der Waals surface area contributed by atoms with Gasteiger partial charge in [-0.1, -0.05) is 0 Å². The van der Waals surface area contributed by atoms with E-state index in [2.05, 4.69) is 5.32 Å². The first kappa shape index (κ1) is 15.7. The van der Waals surface area contributed by atoms with Gasteiger partial charge in [0.1, 0.15) is 5.82 Å². The highest BCUT2D eigenvalue weighted by molar-refractivity contribution is 7.89. The Balaban J connectivity index is 0.00000147. The molecule has 2 saturated heterocycles. The molecule has 2 atom stereocenters. The van der Waals surface area contributed by atoms with Crippen LogP contribution in [0.3, 0.4) is 0 Å². The van der Waals surface area contributed by atoms with Crippen LogP contribution in [-0.2, 0) is 10.0 Å². The van der Waals surface area contributed by atoms with Gasteiger partial charge in [0.05, 0.1) is 4.90 Å². The van der Waals surface area contributed by atoms with Crippen molar-refractivity contribution in [3.8, 4) is 0 Å². The molecular formula is C13H18ClFN2O2S. The van der Waals surface area contributed by atoms with Crippen LogP contribution in [0.1, 0.15) is 12.8 Å². The van der Waals surface area contributed by atoms with Gasteiger partial charge in [0.15, 0.2) is 0 Å². The van der Waals surface area contributed by atoms with Crippen molar-refractivity contribution < 1.29 is 12.8 Å². The molecule has 0 aliphatic carbocycles. The minimum atomic E-state index is -3.48. The fourth-order valence-electron chi connectivity index (χ4n) is 2.99. The lowest BCUT2D eigenvalue weighted by Gasteiger charge is -2.33. The summed E-state index contributed by atoms with van der Waals surface area (Å²) in [5.74, 6) is -0.0124. The summed E-state index contributed by atoms with van der Waals surface area (Å²) in [5, 5.41) is 3.41. The van der Waals surface area contributed by atoms with Crippen molar-refractivity contribution in [3.63, 3.8) is 0 Å². The van der Waals surface area contributed by atoms with E-state index >= 15 is 0 Å². The molecule has 0 spiro atoms. The molecule has 2 heterocycles. The quantitative estimate of drug-likeness (QED) is 0.901. The zero-order valence-corrected chi connectivity index (χ0v) is 12.6. The third-order valence-electron chi connectivity index (χ3n) is 4.07. The van der Waals surface area contributed by atoms with Crippen molar-refractivity contribution in [1.82, 2.24) is 9.62 Å². The highest BCUT2D eigenvalue weighted by atomic mass is 35.5. The van der Waals surface area contributed by atoms with Gasteiger partial charge in [-0.25, -0.2) is 12.8 Å². The minimum absolute atomic E-state index is 0. The van der Waals surface area contributed by atoms with Crippen LogP contribution in [0.15, 0.2) is 29.2 Å². The first-order chi connectivity index (χ1) is 9.07. The van der Waals surface area contributed by atoms with Gasteiger partial charge in [-0.3, -0.25) is 0 Å². The molecule has 1 aromatic rings. The highest BCUT2D eigenvalue weighted by Gasteiger charge is 2.37. The van der Waals surface area contributed by atoms with Crippen LogP contribution in [0.25, 0.3) is 0 Å². The minimum Gasteiger partial charge on any atom is -0.314 e. The topological polar surface area (TPSA) is 49.4 Å². The number of rotatable bonds is 2. The zero-order chi connectivity index (χ0) is 13.5. The van der Waals surface area contributed by atoms with Crippen molar-refractivity contribution in [2.45, 2.75) is 23.8 Å². The van der Waals surface area contributed by atoms with Gasteiger partial charge >= 0.3 is 0 Å². The maximum atomic E-state index is 12.9. The van der Waals surface area contributed by atoms with Gasteiger partial charge in [0, 0.05) is 19.1 Å². The van der Waals surface area contributed by atoms with Gasteiger partial charge in [0.2, 0.25) is 10.0 Å². The highest BCUT2D eigenvalue weighted by Crippen LogP contribution is 2.28. The number of piperidine rings is 1. The molecule has 1 N–H and O–H groups in total. The van der Waals surface area contributed by atoms with E-state index in [0.717, 1.165) is 19.4 Å². The molecule has 0 saturated carbocycles. The Morgan fingerprint density at radius 3 is 2.60 bits per heavy atom. The number of nitrogens with zero attached hydrogens (tertiary/aromatic N) is 1. The Bertz CT molecular complexity index is 564. The number of benzene rings is 1. The lowest BCUT2D eigenvalue weighted by atomic mass is 9.95. The molecule has 2 aliphatic heterocycles. The molecule has 4 nitrogen and oxygen atoms in total. The average molecular weight is 321 g/mol. The average Bonchev–Trinajstić information content (AvgIpc) is 2.86. The molecule has 0 radical (unpaired) electrons. The zero-order valence-electron chi connectivity index (χ0n) is 11.0. The standard InChI is InChI=1S/C13H17FN2O2S.ClH/c14-11-1-3-12(4-2-11)19(17,18)16-8-6-13-10(9-16)5-7-15-13;/h1-4,10,13,15H,5-9H2;1H. The smallest absolute Gasteiger partial charge is 0.243 e. The third-order valence-corrected chi connectivity index (χ3v) is 5.95. The third kappa shape index (κ3) is 2.83. The maximum absolute atomic E-state index is 12.9. The van der Waals surface area contributed by atoms with E-state index in [4.69, 9.17) is 0 Å². The Morgan fingerprint density at radius 2 is 1.90 bits per heavy atom. The van der Waals surface area contributed by atoms with Crippen LogP contribution in [0.5, 0.6) is 0 Å². The summed E-state index contributed by atoms with van der Waals surface area (Å²) in [6.07, 6.45) is 1.88. The molecule has 2 aliphatic rings. The van der Waals surface area contributed by atoms with Crippen LogP contribution in [-0.4, -0.2) is 38.4 Å². The van der Waals surface area contributed by atoms with E-state index in [9.17, 15) is 12.8 Å². The number of hydrogen-bond donors (Lipinski definition) is 1. The SMILES string of the molecule is Cl.O=S(=O)(c1ccc(F)cc1)N1CCC2NCCC2C1. The van der Waals surface area contributed by atoms with Crippen molar-refractivity contribution in [2.24, 2.45) is 5.92 Å². The molecule has 3 rings (SSSR count). The Hall–Kier alpha value is -0.690. The Kier molecular flexibility index (Phi) is 4.69. The van der Waals surface area contributed by atoms with E-state index < -0.39 is 15.8 Å². The largest absolute Gasteiger partial charge is 0.314 e. The normalized spacial score (nSPS) is 26.9. The van der Waals surface area contributed by atoms with Gasteiger partial charge < -0.3 is 5.32 Å². The van der Waals surface area contributed by atoms with Crippen LogP contribution in [0.4, 0.5) is 4.39 Å². The number of nitrogens with one attached hydrogen (secondary N) is 1. The molecule has 2 unspecified atom stereocenters. The predicted molar refractivity (Wildman–Crippen MR) is 76.9 cm³/mol. The summed E-state index contributed by atoms with van der Waals surface area (Å²) in [4.78, 5) is 0.179. The molecule has 0 bridgehead atoms. The van der Waals surface area contributed by atoms with Crippen molar-refractivity contribution in [3.05, 3.63) is 30.1 Å². The summed E-state index contributed by atoms with van der Waals surface area (Å²) in [6, 6.07) is 5.51. The lowest BCUT2D eigenvalue weighted by Crippen LogP contribution is -2.46. The molecule has 1 aromatic carbocycles. The molecule has 2 fully saturated rings. The predicted octanol–water partition coefficient (Wildman–Crippen LogP) is 1.62. The van der Waals surface area contributed by atoms with Gasteiger partial charge in [-0.05, 0) is 49.6 Å². The molecule has 20 heavy (non-hydrogen) atoms. The Labute approximate surface area is 124 Å². The Morgan fingerprint density at radius 1 is 1.20 bits per heavy atom. The lowest BCUT2D eigenvalue weighted by molar-refractivity contribution is 0.247. The van der Waals surface area contributed by atoms with E-state index in [-0.39, 0.29) is 17.3 Å². The summed E-state index contributed by atoms with van der Waals surface area (Å²) in [6.45, 7) is 2.07. The first-order valence-corrected chi connectivity index (χ1v) is 8.00. The molecule has 7 heteroatoms. The number of sulfonamides is 1. The fourth-order valence-corrected chi connectivity index (χ4v) is 4.50. The summed E-state index contributed by atoms with van der Waals surface area (Å²) in [7, 11) is -3.48. The van der Waals surface area contributed by atoms with Crippen LogP contribution >= 0.6 is 12.4 Å². The monoisotopic (exact) mass is 320 g/mol. The second kappa shape index (κ2) is 5.97. The first-order valence-electron chi connectivity index (χ1n) is 6.56. The van der Waals surface area contributed by atoms with Crippen molar-refractivity contribution >= 4 is 22.4 Å². The summed E-state index contributed by atoms with van der Waals surface area (Å²) in [5.41, 5.74) is 0. The molecule has 0 aromatic heterocycles. The number of halogens is 2. The number of fused-ring (bicyclic) bond motifs is 1. The summed E-state index contributed by atoms with van der Waals surface area (Å²) < 4.78 is 39.4. The second-order valence-electron chi connectivity index (χ2n) is 5.22. The maximum Gasteiger partial charge on any atom is 0.243 e. The molecule has 112 valence electrons. The van der Waals surface area contributed by atoms with E-state index in [1.165, 1.54) is 28.6 Å². The van der Waals surface area contributed by atoms with Crippen LogP contribution in [0, 0.1) is 11.7 Å². The van der Waals surface area contributed by atoms with Crippen LogP contribution in [0.2, 0.25) is 0 Å². The van der Waals surface area contributed by atoms with Gasteiger partial charge in [0.25, 0.3) is 0 Å². The molecular weight excluding hydrogens is 303 g/mol. The van der Waals surface area contributed by atoms with Crippen molar-refractivity contribution in [2.75, 3.05) is 19.6 Å². The fraction of sp³-hybridized carbons (Fsp3) is 0.538. The van der Waals surface area contributed by atoms with E-state index in [1.54, 1.807) is 0 Å². The van der Waals surface area contributed by atoms with E-state index in [0.29, 0.717) is 25.0 Å². The summed E-state index contributed by atoms with van der Waals surface area (Å²) >= 11 is 0. The van der Waals surface area contributed by atoms with Crippen LogP contribution < -0.4 is 5.32 Å². The van der Waals surface area contributed by atoms with Gasteiger partial charge in [-0.2, -0.15) is 4.31 Å². The van der Waals surface area contributed by atoms with Gasteiger partial charge in [-0.15, -0.1) is 12.4 Å². The van der Waals surface area contributed by atoms with Crippen molar-refractivity contribution in [1.29, 1.82) is 0 Å². The number of hydrogen-bond acceptors (Lipinski definition) is 3.